The minimum Gasteiger partial charge on any atom is -0.273 e. The highest BCUT2D eigenvalue weighted by molar-refractivity contribution is 6.34. The third-order valence-electron chi connectivity index (χ3n) is 3.92. The molecule has 0 radical (unpaired) electrons. The Labute approximate surface area is 114 Å². The smallest absolute Gasteiger partial charge is 0.246 e. The highest BCUT2D eigenvalue weighted by Gasteiger charge is 2.50. The van der Waals surface area contributed by atoms with Gasteiger partial charge in [-0.1, -0.05) is 24.1 Å². The Morgan fingerprint density at radius 2 is 2.05 bits per heavy atom. The maximum Gasteiger partial charge on any atom is 0.246 e. The third kappa shape index (κ3) is 1.80. The second kappa shape index (κ2) is 4.20. The number of nitrogens with zero attached hydrogens (tertiary/aromatic N) is 1. The SMILES string of the molecule is O=C1CC2(CCC2)C(=O)NN1c1cccc(F)c1Cl. The average molecular weight is 283 g/mol. The fourth-order valence-corrected chi connectivity index (χ4v) is 2.81. The van der Waals surface area contributed by atoms with E-state index in [4.69, 9.17) is 11.6 Å². The summed E-state index contributed by atoms with van der Waals surface area (Å²) in [5.41, 5.74) is 2.16. The van der Waals surface area contributed by atoms with E-state index >= 15 is 0 Å². The number of nitrogens with one attached hydrogen (secondary N) is 1. The van der Waals surface area contributed by atoms with Gasteiger partial charge in [0.1, 0.15) is 10.8 Å². The van der Waals surface area contributed by atoms with E-state index in [-0.39, 0.29) is 28.9 Å². The average Bonchev–Trinajstić information content (AvgIpc) is 2.33. The molecule has 2 fully saturated rings. The van der Waals surface area contributed by atoms with Crippen LogP contribution in [0.1, 0.15) is 25.7 Å². The monoisotopic (exact) mass is 282 g/mol. The Morgan fingerprint density at radius 3 is 2.68 bits per heavy atom. The van der Waals surface area contributed by atoms with Crippen molar-refractivity contribution in [1.29, 1.82) is 0 Å². The van der Waals surface area contributed by atoms with Crippen LogP contribution in [0.3, 0.4) is 0 Å². The van der Waals surface area contributed by atoms with E-state index < -0.39 is 11.2 Å². The molecule has 0 unspecified atom stereocenters. The number of rotatable bonds is 1. The number of hydrazine groups is 1. The number of benzene rings is 1. The highest BCUT2D eigenvalue weighted by atomic mass is 35.5. The van der Waals surface area contributed by atoms with E-state index in [1.807, 2.05) is 0 Å². The van der Waals surface area contributed by atoms with E-state index in [1.165, 1.54) is 18.2 Å². The summed E-state index contributed by atoms with van der Waals surface area (Å²) < 4.78 is 13.4. The van der Waals surface area contributed by atoms with Crippen molar-refractivity contribution in [2.75, 3.05) is 5.01 Å². The van der Waals surface area contributed by atoms with Gasteiger partial charge < -0.3 is 0 Å². The molecule has 1 aromatic rings. The molecule has 0 bridgehead atoms. The molecule has 100 valence electrons. The Balaban J connectivity index is 1.92. The lowest BCUT2D eigenvalue weighted by Crippen LogP contribution is -2.61. The minimum atomic E-state index is -0.620. The van der Waals surface area contributed by atoms with Crippen LogP contribution < -0.4 is 10.4 Å². The van der Waals surface area contributed by atoms with Crippen LogP contribution in [0.5, 0.6) is 0 Å². The first kappa shape index (κ1) is 12.4. The third-order valence-corrected chi connectivity index (χ3v) is 4.29. The molecule has 0 atom stereocenters. The van der Waals surface area contributed by atoms with Gasteiger partial charge in [0, 0.05) is 6.42 Å². The molecule has 2 aliphatic rings. The second-order valence-corrected chi connectivity index (χ2v) is 5.43. The van der Waals surface area contributed by atoms with Crippen molar-refractivity contribution in [2.45, 2.75) is 25.7 Å². The van der Waals surface area contributed by atoms with Crippen LogP contribution in [-0.2, 0) is 9.59 Å². The van der Waals surface area contributed by atoms with Crippen molar-refractivity contribution in [3.63, 3.8) is 0 Å². The van der Waals surface area contributed by atoms with Crippen molar-refractivity contribution < 1.29 is 14.0 Å². The predicted octanol–water partition coefficient (Wildman–Crippen LogP) is 2.42. The van der Waals surface area contributed by atoms with Crippen molar-refractivity contribution >= 4 is 29.1 Å². The predicted molar refractivity (Wildman–Crippen MR) is 67.9 cm³/mol. The highest BCUT2D eigenvalue weighted by Crippen LogP contribution is 2.46. The maximum atomic E-state index is 13.4. The van der Waals surface area contributed by atoms with E-state index in [2.05, 4.69) is 5.43 Å². The first-order valence-electron chi connectivity index (χ1n) is 6.12. The summed E-state index contributed by atoms with van der Waals surface area (Å²) >= 11 is 5.84. The van der Waals surface area contributed by atoms with Crippen molar-refractivity contribution in [1.82, 2.24) is 5.43 Å². The van der Waals surface area contributed by atoms with Gasteiger partial charge >= 0.3 is 0 Å². The molecule has 1 spiro atoms. The van der Waals surface area contributed by atoms with Gasteiger partial charge in [-0.25, -0.2) is 9.40 Å². The van der Waals surface area contributed by atoms with Crippen LogP contribution in [0.15, 0.2) is 18.2 Å². The van der Waals surface area contributed by atoms with Gasteiger partial charge in [0.25, 0.3) is 0 Å². The lowest BCUT2D eigenvalue weighted by molar-refractivity contribution is -0.146. The molecule has 4 nitrogen and oxygen atoms in total. The summed E-state index contributed by atoms with van der Waals surface area (Å²) in [5, 5.41) is 0.887. The molecular weight excluding hydrogens is 271 g/mol. The van der Waals surface area contributed by atoms with E-state index in [0.717, 1.165) is 24.3 Å². The number of carbonyl (C=O) groups is 2. The van der Waals surface area contributed by atoms with Crippen LogP contribution >= 0.6 is 11.6 Å². The lowest BCUT2D eigenvalue weighted by atomic mass is 9.65. The summed E-state index contributed by atoms with van der Waals surface area (Å²) in [5.74, 6) is -1.06. The lowest BCUT2D eigenvalue weighted by Gasteiger charge is -2.45. The standard InChI is InChI=1S/C13H12ClFN2O2/c14-11-8(15)3-1-4-9(11)17-10(18)7-13(5-2-6-13)12(19)16-17/h1,3-4H,2,5-7H2,(H,16,19). The van der Waals surface area contributed by atoms with E-state index in [1.54, 1.807) is 0 Å². The molecule has 1 saturated heterocycles. The number of anilines is 1. The molecule has 2 amide bonds. The van der Waals surface area contributed by atoms with Gasteiger partial charge in [-0.05, 0) is 25.0 Å². The minimum absolute atomic E-state index is 0.158. The zero-order valence-corrected chi connectivity index (χ0v) is 10.8. The van der Waals surface area contributed by atoms with Crippen LogP contribution in [0.4, 0.5) is 10.1 Å². The molecule has 1 aliphatic heterocycles. The Bertz CT molecular complexity index is 572. The Kier molecular flexibility index (Phi) is 2.74. The summed E-state index contributed by atoms with van der Waals surface area (Å²) in [6.07, 6.45) is 2.58. The first-order valence-corrected chi connectivity index (χ1v) is 6.49. The van der Waals surface area contributed by atoms with Gasteiger partial charge in [0.05, 0.1) is 11.1 Å². The summed E-state index contributed by atoms with van der Waals surface area (Å²) in [6.45, 7) is 0. The van der Waals surface area contributed by atoms with Gasteiger partial charge in [-0.2, -0.15) is 0 Å². The molecule has 1 N–H and O–H groups in total. The molecular formula is C13H12ClFN2O2. The number of hydrogen-bond acceptors (Lipinski definition) is 2. The molecule has 1 heterocycles. The second-order valence-electron chi connectivity index (χ2n) is 5.05. The zero-order chi connectivity index (χ0) is 13.6. The molecule has 0 aromatic heterocycles. The quantitative estimate of drug-likeness (QED) is 0.860. The molecule has 3 rings (SSSR count). The summed E-state index contributed by atoms with van der Waals surface area (Å²) in [4.78, 5) is 24.2. The van der Waals surface area contributed by atoms with Crippen LogP contribution in [0, 0.1) is 11.2 Å². The topological polar surface area (TPSA) is 49.4 Å². The zero-order valence-electron chi connectivity index (χ0n) is 10.1. The largest absolute Gasteiger partial charge is 0.273 e. The van der Waals surface area contributed by atoms with Crippen molar-refractivity contribution in [3.8, 4) is 0 Å². The van der Waals surface area contributed by atoms with Crippen LogP contribution in [0.25, 0.3) is 0 Å². The number of carbonyl (C=O) groups excluding carboxylic acids is 2. The van der Waals surface area contributed by atoms with Gasteiger partial charge in [0.15, 0.2) is 0 Å². The summed E-state index contributed by atoms with van der Waals surface area (Å²) in [6, 6.07) is 4.15. The maximum absolute atomic E-state index is 13.4. The molecule has 1 saturated carbocycles. The molecule has 19 heavy (non-hydrogen) atoms. The molecule has 1 aromatic carbocycles. The van der Waals surface area contributed by atoms with Crippen LogP contribution in [0.2, 0.25) is 5.02 Å². The molecule has 6 heteroatoms. The van der Waals surface area contributed by atoms with E-state index in [0.29, 0.717) is 0 Å². The number of halogens is 2. The van der Waals surface area contributed by atoms with Gasteiger partial charge in [-0.15, -0.1) is 0 Å². The summed E-state index contributed by atoms with van der Waals surface area (Å²) in [7, 11) is 0. The van der Waals surface area contributed by atoms with Gasteiger partial charge in [-0.3, -0.25) is 15.0 Å². The normalized spacial score (nSPS) is 21.3. The fourth-order valence-electron chi connectivity index (χ4n) is 2.60. The molecule has 1 aliphatic carbocycles. The number of amides is 2. The van der Waals surface area contributed by atoms with Crippen molar-refractivity contribution in [2.24, 2.45) is 5.41 Å². The Morgan fingerprint density at radius 1 is 1.32 bits per heavy atom. The van der Waals surface area contributed by atoms with E-state index in [9.17, 15) is 14.0 Å². The first-order chi connectivity index (χ1) is 9.03. The Hall–Kier alpha value is -1.62. The number of hydrogen-bond donors (Lipinski definition) is 1. The van der Waals surface area contributed by atoms with Gasteiger partial charge in [0.2, 0.25) is 11.8 Å². The van der Waals surface area contributed by atoms with Crippen LogP contribution in [-0.4, -0.2) is 11.8 Å². The fraction of sp³-hybridized carbons (Fsp3) is 0.385. The van der Waals surface area contributed by atoms with Crippen molar-refractivity contribution in [3.05, 3.63) is 29.0 Å².